The molecule has 92 valence electrons. The summed E-state index contributed by atoms with van der Waals surface area (Å²) in [6.45, 7) is 0. The third-order valence-corrected chi connectivity index (χ3v) is 4.61. The van der Waals surface area contributed by atoms with Crippen LogP contribution in [0.2, 0.25) is 0 Å². The third kappa shape index (κ3) is 1.68. The summed E-state index contributed by atoms with van der Waals surface area (Å²) in [7, 11) is 0. The molecule has 0 aromatic carbocycles. The predicted octanol–water partition coefficient (Wildman–Crippen LogP) is 1.41. The van der Waals surface area contributed by atoms with Crippen molar-refractivity contribution < 1.29 is 9.53 Å². The maximum atomic E-state index is 10.9. The minimum atomic E-state index is -0.620. The number of rotatable bonds is 1. The molecule has 4 nitrogen and oxygen atoms in total. The molecule has 0 aromatic heterocycles. The second-order valence-electron chi connectivity index (χ2n) is 5.65. The van der Waals surface area contributed by atoms with E-state index in [0.717, 1.165) is 19.3 Å². The summed E-state index contributed by atoms with van der Waals surface area (Å²) in [5, 5.41) is 0. The maximum Gasteiger partial charge on any atom is 0.405 e. The first-order valence-electron chi connectivity index (χ1n) is 5.82. The summed E-state index contributed by atoms with van der Waals surface area (Å²) in [5.74, 6) is 1.81. The first-order chi connectivity index (χ1) is 7.08. The lowest BCUT2D eigenvalue weighted by atomic mass is 9.52. The lowest BCUT2D eigenvalue weighted by molar-refractivity contribution is -0.133. The topological polar surface area (TPSA) is 78.3 Å². The number of carbonyl (C=O) groups excluding carboxylic acids is 1. The van der Waals surface area contributed by atoms with E-state index in [1.807, 2.05) is 0 Å². The highest BCUT2D eigenvalue weighted by Gasteiger charge is 2.56. The summed E-state index contributed by atoms with van der Waals surface area (Å²) in [6, 6.07) is 0.325. The summed E-state index contributed by atoms with van der Waals surface area (Å²) >= 11 is 0. The number of carbonyl (C=O) groups is 1. The third-order valence-electron chi connectivity index (χ3n) is 4.61. The molecule has 1 amide bonds. The summed E-state index contributed by atoms with van der Waals surface area (Å²) < 4.78 is 5.38. The van der Waals surface area contributed by atoms with Crippen LogP contribution in [0.5, 0.6) is 0 Å². The summed E-state index contributed by atoms with van der Waals surface area (Å²) in [4.78, 5) is 10.9. The largest absolute Gasteiger partial charge is 0.443 e. The molecule has 2 atom stereocenters. The Bertz CT molecular complexity index is 294. The number of hydrogen-bond acceptors (Lipinski definition) is 3. The van der Waals surface area contributed by atoms with E-state index in [2.05, 4.69) is 0 Å². The molecule has 0 saturated heterocycles. The van der Waals surface area contributed by atoms with Crippen molar-refractivity contribution in [2.24, 2.45) is 29.2 Å². The van der Waals surface area contributed by atoms with E-state index in [0.29, 0.717) is 23.8 Å². The lowest BCUT2D eigenvalue weighted by Crippen LogP contribution is -2.61. The zero-order chi connectivity index (χ0) is 10.6. The molecule has 16 heavy (non-hydrogen) atoms. The summed E-state index contributed by atoms with van der Waals surface area (Å²) in [5.41, 5.74) is 11.1. The van der Waals surface area contributed by atoms with Gasteiger partial charge in [0, 0.05) is 6.04 Å². The highest BCUT2D eigenvalue weighted by molar-refractivity contribution is 5.85. The fourth-order valence-corrected chi connectivity index (χ4v) is 4.33. The molecule has 4 fully saturated rings. The van der Waals surface area contributed by atoms with Gasteiger partial charge < -0.3 is 16.2 Å². The van der Waals surface area contributed by atoms with Gasteiger partial charge in [-0.05, 0) is 49.9 Å². The molecule has 0 spiro atoms. The molecule has 5 heteroatoms. The zero-order valence-electron chi connectivity index (χ0n) is 9.22. The van der Waals surface area contributed by atoms with E-state index >= 15 is 0 Å². The van der Waals surface area contributed by atoms with Crippen LogP contribution in [0, 0.1) is 17.8 Å². The van der Waals surface area contributed by atoms with Crippen LogP contribution in [0.1, 0.15) is 32.1 Å². The number of primary amides is 1. The second kappa shape index (κ2) is 3.77. The Morgan fingerprint density at radius 1 is 1.19 bits per heavy atom. The molecule has 4 rings (SSSR count). The van der Waals surface area contributed by atoms with E-state index in [-0.39, 0.29) is 18.0 Å². The number of hydrogen-bond donors (Lipinski definition) is 2. The van der Waals surface area contributed by atoms with Crippen LogP contribution in [0.3, 0.4) is 0 Å². The second-order valence-corrected chi connectivity index (χ2v) is 5.65. The smallest absolute Gasteiger partial charge is 0.405 e. The Kier molecular flexibility index (Phi) is 2.83. The van der Waals surface area contributed by atoms with Crippen molar-refractivity contribution in [3.8, 4) is 0 Å². The molecule has 0 heterocycles. The van der Waals surface area contributed by atoms with Crippen LogP contribution in [-0.4, -0.2) is 17.7 Å². The van der Waals surface area contributed by atoms with E-state index < -0.39 is 6.09 Å². The first kappa shape index (κ1) is 12.0. The molecular formula is C11H19ClN2O2. The van der Waals surface area contributed by atoms with Gasteiger partial charge in [0.2, 0.25) is 0 Å². The molecule has 4 aliphatic carbocycles. The predicted molar refractivity (Wildman–Crippen MR) is 62.2 cm³/mol. The van der Waals surface area contributed by atoms with Gasteiger partial charge in [-0.25, -0.2) is 4.79 Å². The molecular weight excluding hydrogens is 228 g/mol. The molecule has 4 bridgehead atoms. The lowest BCUT2D eigenvalue weighted by Gasteiger charge is -2.58. The van der Waals surface area contributed by atoms with Crippen LogP contribution < -0.4 is 11.5 Å². The fraction of sp³-hybridized carbons (Fsp3) is 0.909. The van der Waals surface area contributed by atoms with Gasteiger partial charge in [0.15, 0.2) is 0 Å². The van der Waals surface area contributed by atoms with Gasteiger partial charge in [0.1, 0.15) is 5.60 Å². The maximum absolute atomic E-state index is 10.9. The minimum Gasteiger partial charge on any atom is -0.443 e. The van der Waals surface area contributed by atoms with Crippen molar-refractivity contribution in [2.75, 3.05) is 0 Å². The van der Waals surface area contributed by atoms with Crippen molar-refractivity contribution in [2.45, 2.75) is 43.7 Å². The molecule has 4 N–H and O–H groups in total. The Labute approximate surface area is 101 Å². The Morgan fingerprint density at radius 2 is 1.75 bits per heavy atom. The van der Waals surface area contributed by atoms with E-state index in [9.17, 15) is 4.79 Å². The average Bonchev–Trinajstić information content (AvgIpc) is 2.10. The molecule has 0 aliphatic heterocycles. The number of halogens is 1. The Balaban J connectivity index is 0.000000963. The quantitative estimate of drug-likeness (QED) is 0.734. The standard InChI is InChI=1S/C11H18N2O2.ClH/c12-9-7-1-6-2-8(9)5-11(3-6,4-7)15-10(13)14;/h6-9H,1-5,12H2,(H2,13,14);1H. The highest BCUT2D eigenvalue weighted by Crippen LogP contribution is 2.56. The van der Waals surface area contributed by atoms with Crippen molar-refractivity contribution >= 4 is 18.5 Å². The van der Waals surface area contributed by atoms with E-state index in [1.54, 1.807) is 0 Å². The van der Waals surface area contributed by atoms with E-state index in [4.69, 9.17) is 16.2 Å². The van der Waals surface area contributed by atoms with Gasteiger partial charge in [-0.3, -0.25) is 0 Å². The van der Waals surface area contributed by atoms with Gasteiger partial charge in [-0.1, -0.05) is 0 Å². The van der Waals surface area contributed by atoms with Gasteiger partial charge in [-0.15, -0.1) is 12.4 Å². The molecule has 4 saturated carbocycles. The van der Waals surface area contributed by atoms with Crippen LogP contribution in [0.15, 0.2) is 0 Å². The minimum absolute atomic E-state index is 0. The van der Waals surface area contributed by atoms with Crippen LogP contribution in [-0.2, 0) is 4.74 Å². The average molecular weight is 247 g/mol. The van der Waals surface area contributed by atoms with Crippen molar-refractivity contribution in [1.29, 1.82) is 0 Å². The SMILES string of the molecule is Cl.NC(=O)OC12CC3CC(C1)C(N)C(C3)C2. The normalized spacial score (nSPS) is 48.6. The monoisotopic (exact) mass is 246 g/mol. The highest BCUT2D eigenvalue weighted by atomic mass is 35.5. The number of nitrogens with two attached hydrogens (primary N) is 2. The molecule has 0 aromatic rings. The zero-order valence-corrected chi connectivity index (χ0v) is 10.0. The fourth-order valence-electron chi connectivity index (χ4n) is 4.33. The van der Waals surface area contributed by atoms with Crippen molar-refractivity contribution in [3.05, 3.63) is 0 Å². The van der Waals surface area contributed by atoms with Gasteiger partial charge in [0.25, 0.3) is 0 Å². The van der Waals surface area contributed by atoms with Crippen molar-refractivity contribution in [3.63, 3.8) is 0 Å². The first-order valence-corrected chi connectivity index (χ1v) is 5.82. The van der Waals surface area contributed by atoms with E-state index in [1.165, 1.54) is 12.8 Å². The molecule has 4 aliphatic rings. The summed E-state index contributed by atoms with van der Waals surface area (Å²) in [6.07, 6.45) is 4.71. The van der Waals surface area contributed by atoms with Gasteiger partial charge in [0.05, 0.1) is 0 Å². The Hall–Kier alpha value is -0.480. The molecule has 0 radical (unpaired) electrons. The van der Waals surface area contributed by atoms with Crippen LogP contribution in [0.4, 0.5) is 4.79 Å². The van der Waals surface area contributed by atoms with Gasteiger partial charge in [-0.2, -0.15) is 0 Å². The van der Waals surface area contributed by atoms with Crippen LogP contribution >= 0.6 is 12.4 Å². The van der Waals surface area contributed by atoms with Crippen molar-refractivity contribution in [1.82, 2.24) is 0 Å². The Morgan fingerprint density at radius 3 is 2.25 bits per heavy atom. The van der Waals surface area contributed by atoms with Crippen LogP contribution in [0.25, 0.3) is 0 Å². The number of amides is 1. The van der Waals surface area contributed by atoms with Gasteiger partial charge >= 0.3 is 6.09 Å². The molecule has 2 unspecified atom stereocenters. The number of ether oxygens (including phenoxy) is 1.